The summed E-state index contributed by atoms with van der Waals surface area (Å²) in [6, 6.07) is 0. The zero-order valence-corrected chi connectivity index (χ0v) is 42.9. The Hall–Kier alpha value is -5.15. The van der Waals surface area contributed by atoms with Gasteiger partial charge in [-0.15, -0.1) is 0 Å². The summed E-state index contributed by atoms with van der Waals surface area (Å²) in [5.41, 5.74) is 15.6. The van der Waals surface area contributed by atoms with Crippen LogP contribution in [0.25, 0.3) is 33.5 Å². The number of anilines is 3. The maximum atomic E-state index is 13.7. The molecule has 3 aliphatic rings. The second kappa shape index (κ2) is 21.5. The van der Waals surface area contributed by atoms with Crippen molar-refractivity contribution in [3.63, 3.8) is 0 Å². The molecule has 16 atom stereocenters. The molecule has 0 bridgehead atoms. The van der Waals surface area contributed by atoms with Crippen molar-refractivity contribution < 1.29 is 108 Å². The third kappa shape index (κ3) is 11.5. The highest BCUT2D eigenvalue weighted by atomic mass is 31.3. The summed E-state index contributed by atoms with van der Waals surface area (Å²) >= 11 is 0. The minimum Gasteiger partial charge on any atom is -0.756 e. The van der Waals surface area contributed by atoms with E-state index in [-0.39, 0.29) is 57.6 Å². The van der Waals surface area contributed by atoms with Crippen molar-refractivity contribution in [1.29, 1.82) is 0 Å². The van der Waals surface area contributed by atoms with Gasteiger partial charge in [-0.2, -0.15) is 14.5 Å². The molecule has 0 radical (unpaired) electrons. The molecular formula is C34H47N15O24P4. The van der Waals surface area contributed by atoms with Gasteiger partial charge in [0.15, 0.2) is 35.1 Å². The van der Waals surface area contributed by atoms with Gasteiger partial charge < -0.3 is 76.1 Å². The Kier molecular flexibility index (Phi) is 15.8. The van der Waals surface area contributed by atoms with Crippen LogP contribution in [0.1, 0.15) is 25.1 Å². The highest BCUT2D eigenvalue weighted by Gasteiger charge is 2.53. The van der Waals surface area contributed by atoms with Gasteiger partial charge in [0.05, 0.1) is 45.6 Å². The van der Waals surface area contributed by atoms with Gasteiger partial charge in [-0.05, 0) is 6.42 Å². The molecule has 0 aliphatic carbocycles. The van der Waals surface area contributed by atoms with E-state index in [1.54, 1.807) is 0 Å². The standard InChI is InChI=1S/C34H47N15O24P4/c1-46-11-49(27-18(46)29(55)45-34(37)43-27)30-19(51)12(3-4-50)13(68-30)5-66-75(58,59)72-77(62,63)73-76(60,61)67-7-15-22(23(64-2)32(70-15)47-9-40-16-24(35)38-8-39-25(16)47)71-74(56,57)65-6-14-20(52)21(53)31(69-14)48-10-41-17-26(48)42-33(36)44-28(17)54/h8-15,19-23,30-32,50-53H,3-7H2,1-2H3,(H11-,35,36,37,38,39,42,43,44,45,54,55,56,57,58,59,60,61,62,63)/t12-,13-,14-,15?,19-,20-,21-,22-,23-,30-,31-,32-/m1/s1. The minimum absolute atomic E-state index is 0.00187. The number of nitrogens with two attached hydrogens (primary N) is 3. The Bertz CT molecular complexity index is 3510. The van der Waals surface area contributed by atoms with E-state index >= 15 is 0 Å². The molecule has 0 amide bonds. The Morgan fingerprint density at radius 2 is 1.26 bits per heavy atom. The molecule has 77 heavy (non-hydrogen) atoms. The Labute approximate surface area is 427 Å². The number of nitrogens with one attached hydrogen (secondary N) is 2. The molecule has 0 spiro atoms. The molecule has 3 fully saturated rings. The van der Waals surface area contributed by atoms with Gasteiger partial charge >= 0.3 is 29.0 Å². The molecule has 0 saturated carbocycles. The number of fused-ring (bicyclic) bond motifs is 3. The summed E-state index contributed by atoms with van der Waals surface area (Å²) in [4.78, 5) is 98.6. The lowest BCUT2D eigenvalue weighted by Crippen LogP contribution is -2.38. The average molecular weight is 1170 g/mol. The third-order valence-corrected chi connectivity index (χ3v) is 17.4. The highest BCUT2D eigenvalue weighted by molar-refractivity contribution is 7.66. The number of imidazole rings is 3. The first-order chi connectivity index (χ1) is 36.2. The topological polar surface area (TPSA) is 565 Å². The smallest absolute Gasteiger partial charge is 0.478 e. The molecule has 9 rings (SSSR count). The fraction of sp³-hybridized carbons (Fsp3) is 0.559. The van der Waals surface area contributed by atoms with E-state index in [4.69, 9.17) is 54.2 Å². The van der Waals surface area contributed by atoms with E-state index in [0.29, 0.717) is 0 Å². The number of aryl methyl sites for hydroxylation is 1. The summed E-state index contributed by atoms with van der Waals surface area (Å²) in [5, 5.41) is 42.7. The lowest BCUT2D eigenvalue weighted by Gasteiger charge is -2.28. The number of aliphatic hydroxyl groups excluding tert-OH is 4. The van der Waals surface area contributed by atoms with Crippen molar-refractivity contribution in [2.75, 3.05) is 50.7 Å². The molecule has 5 unspecified atom stereocenters. The van der Waals surface area contributed by atoms with E-state index < -0.39 is 142 Å². The van der Waals surface area contributed by atoms with Gasteiger partial charge in [0.25, 0.3) is 24.5 Å². The van der Waals surface area contributed by atoms with Crippen LogP contribution in [0, 0.1) is 5.92 Å². The van der Waals surface area contributed by atoms with Crippen LogP contribution in [-0.4, -0.2) is 171 Å². The predicted octanol–water partition coefficient (Wildman–Crippen LogP) is -4.70. The summed E-state index contributed by atoms with van der Waals surface area (Å²) in [6.07, 6.45) is -13.4. The minimum atomic E-state index is -6.44. The SMILES string of the molecule is CO[C@@H]1[C@H](OP(=O)(O)OC[C@H]2O[C@@H](n3cnc4c(=O)[nH]c(N)nc43)[C@H](O)[C@@H]2O)C(COP(=O)(O)OP(=O)([O-])OP(=O)(O)OC[C@H]2O[C@@H](n3c[n+](C)c4c(=O)[nH]c(N)nc43)[C@H](O)[C@@H]2CCO)O[C@H]1n1cnc2c(N)ncnc21. The van der Waals surface area contributed by atoms with E-state index in [0.717, 1.165) is 30.7 Å². The first-order valence-electron chi connectivity index (χ1n) is 22.1. The maximum Gasteiger partial charge on any atom is 0.478 e. The number of phosphoric ester groups is 3. The molecule has 9 heterocycles. The summed E-state index contributed by atoms with van der Waals surface area (Å²) < 4.78 is 109. The number of phosphoric acid groups is 4. The summed E-state index contributed by atoms with van der Waals surface area (Å²) in [7, 11) is -21.2. The Morgan fingerprint density at radius 3 is 1.92 bits per heavy atom. The summed E-state index contributed by atoms with van der Waals surface area (Å²) in [5.74, 6) is -1.78. The number of ether oxygens (including phenoxy) is 4. The molecule has 43 heteroatoms. The zero-order chi connectivity index (χ0) is 55.7. The Morgan fingerprint density at radius 1 is 0.701 bits per heavy atom. The van der Waals surface area contributed by atoms with Crippen molar-refractivity contribution >= 4 is 82.5 Å². The van der Waals surface area contributed by atoms with Crippen molar-refractivity contribution in [2.24, 2.45) is 13.0 Å². The quantitative estimate of drug-likeness (QED) is 0.0238. The van der Waals surface area contributed by atoms with Crippen LogP contribution in [0.3, 0.4) is 0 Å². The van der Waals surface area contributed by atoms with Crippen LogP contribution < -0.4 is 37.8 Å². The van der Waals surface area contributed by atoms with Gasteiger partial charge in [0.1, 0.15) is 54.6 Å². The number of rotatable bonds is 21. The van der Waals surface area contributed by atoms with Gasteiger partial charge in [-0.3, -0.25) is 51.4 Å². The van der Waals surface area contributed by atoms with Gasteiger partial charge in [0, 0.05) is 19.6 Å². The molecule has 0 aromatic carbocycles. The normalized spacial score (nSPS) is 30.0. The lowest BCUT2D eigenvalue weighted by molar-refractivity contribution is -0.646. The van der Waals surface area contributed by atoms with Crippen LogP contribution in [0.4, 0.5) is 17.7 Å². The molecule has 3 aliphatic heterocycles. The van der Waals surface area contributed by atoms with E-state index in [9.17, 15) is 67.8 Å². The first kappa shape index (κ1) is 56.6. The van der Waals surface area contributed by atoms with Crippen molar-refractivity contribution in [3.8, 4) is 0 Å². The van der Waals surface area contributed by atoms with Gasteiger partial charge in [-0.25, -0.2) is 46.8 Å². The fourth-order valence-electron chi connectivity index (χ4n) is 8.87. The number of H-pyrrole nitrogens is 2. The van der Waals surface area contributed by atoms with Crippen molar-refractivity contribution in [3.05, 3.63) is 46.0 Å². The van der Waals surface area contributed by atoms with Crippen molar-refractivity contribution in [2.45, 2.75) is 73.9 Å². The second-order valence-corrected chi connectivity index (χ2v) is 23.1. The molecule has 15 N–H and O–H groups in total. The molecule has 6 aromatic rings. The largest absolute Gasteiger partial charge is 0.756 e. The molecule has 3 saturated heterocycles. The number of aliphatic hydroxyl groups is 4. The van der Waals surface area contributed by atoms with Crippen molar-refractivity contribution in [1.82, 2.24) is 53.6 Å². The number of nitrogen functional groups attached to an aromatic ring is 3. The number of hydrogen-bond acceptors (Lipinski definition) is 30. The van der Waals surface area contributed by atoms with Crippen LogP contribution in [0.2, 0.25) is 0 Å². The number of nitrogens with zero attached hydrogens (tertiary/aromatic N) is 10. The Balaban J connectivity index is 0.869. The lowest BCUT2D eigenvalue weighted by atomic mass is 9.95. The van der Waals surface area contributed by atoms with Gasteiger partial charge in [0.2, 0.25) is 24.5 Å². The maximum absolute atomic E-state index is 13.7. The van der Waals surface area contributed by atoms with Crippen LogP contribution in [0.15, 0.2) is 34.9 Å². The highest BCUT2D eigenvalue weighted by Crippen LogP contribution is 2.66. The molecule has 6 aromatic heterocycles. The monoisotopic (exact) mass is 1170 g/mol. The zero-order valence-electron chi connectivity index (χ0n) is 39.3. The first-order valence-corrected chi connectivity index (χ1v) is 28.0. The summed E-state index contributed by atoms with van der Waals surface area (Å²) in [6.45, 7) is -3.85. The number of aromatic nitrogens is 12. The van der Waals surface area contributed by atoms with E-state index in [1.807, 2.05) is 0 Å². The third-order valence-electron chi connectivity index (χ3n) is 12.2. The average Bonchev–Trinajstić information content (AvgIpc) is 4.22. The predicted molar refractivity (Wildman–Crippen MR) is 246 cm³/mol. The van der Waals surface area contributed by atoms with Gasteiger partial charge in [-0.1, -0.05) is 0 Å². The van der Waals surface area contributed by atoms with Crippen LogP contribution in [-0.2, 0) is 71.0 Å². The molecule has 422 valence electrons. The molecule has 39 nitrogen and oxygen atoms in total. The van der Waals surface area contributed by atoms with Crippen LogP contribution in [0.5, 0.6) is 0 Å². The fourth-order valence-corrected chi connectivity index (χ4v) is 13.3. The van der Waals surface area contributed by atoms with E-state index in [1.165, 1.54) is 27.1 Å². The van der Waals surface area contributed by atoms with Crippen LogP contribution >= 0.6 is 31.3 Å². The van der Waals surface area contributed by atoms with E-state index in [2.05, 4.69) is 48.5 Å². The number of aromatic amines is 2. The number of hydrogen-bond donors (Lipinski definition) is 12. The second-order valence-electron chi connectivity index (χ2n) is 17.1. The number of methoxy groups -OCH3 is 1. The molecular weight excluding hydrogens is 1130 g/mol.